The molecule has 0 bridgehead atoms. The molecule has 0 aliphatic carbocycles. The fraction of sp³-hybridized carbons (Fsp3) is 0.143. The van der Waals surface area contributed by atoms with E-state index < -0.39 is 29.5 Å². The third-order valence-electron chi connectivity index (χ3n) is 4.19. The van der Waals surface area contributed by atoms with Gasteiger partial charge in [0.05, 0.1) is 16.6 Å². The predicted octanol–water partition coefficient (Wildman–Crippen LogP) is 5.19. The van der Waals surface area contributed by atoms with E-state index in [0.29, 0.717) is 17.6 Å². The van der Waals surface area contributed by atoms with Crippen molar-refractivity contribution in [3.63, 3.8) is 0 Å². The van der Waals surface area contributed by atoms with Gasteiger partial charge in [0.15, 0.2) is 0 Å². The van der Waals surface area contributed by atoms with Crippen molar-refractivity contribution in [2.75, 3.05) is 5.32 Å². The van der Waals surface area contributed by atoms with E-state index in [-0.39, 0.29) is 17.3 Å². The molecule has 0 radical (unpaired) electrons. The second-order valence-electron chi connectivity index (χ2n) is 6.56. The van der Waals surface area contributed by atoms with E-state index in [1.807, 2.05) is 0 Å². The Morgan fingerprint density at radius 3 is 2.42 bits per heavy atom. The molecular formula is C21H16ClF4N3O2. The Balaban J connectivity index is 1.57. The molecule has 31 heavy (non-hydrogen) atoms. The van der Waals surface area contributed by atoms with Crippen LogP contribution in [0.25, 0.3) is 0 Å². The van der Waals surface area contributed by atoms with Crippen molar-refractivity contribution in [2.24, 2.45) is 5.73 Å². The van der Waals surface area contributed by atoms with Gasteiger partial charge in [-0.15, -0.1) is 0 Å². The van der Waals surface area contributed by atoms with Crippen molar-refractivity contribution in [3.8, 4) is 11.6 Å². The lowest BCUT2D eigenvalue weighted by Gasteiger charge is -2.13. The van der Waals surface area contributed by atoms with E-state index in [9.17, 15) is 22.4 Å². The third-order valence-corrected chi connectivity index (χ3v) is 4.48. The van der Waals surface area contributed by atoms with Crippen molar-refractivity contribution in [3.05, 3.63) is 82.8 Å². The molecular weight excluding hydrogens is 438 g/mol. The van der Waals surface area contributed by atoms with Gasteiger partial charge in [0.2, 0.25) is 11.8 Å². The molecule has 2 aromatic carbocycles. The first-order valence-corrected chi connectivity index (χ1v) is 9.31. The van der Waals surface area contributed by atoms with Gasteiger partial charge < -0.3 is 15.8 Å². The van der Waals surface area contributed by atoms with E-state index in [1.54, 1.807) is 24.3 Å². The number of aromatic nitrogens is 1. The second kappa shape index (κ2) is 9.32. The molecule has 1 atom stereocenters. The van der Waals surface area contributed by atoms with Crippen LogP contribution in [0.2, 0.25) is 5.02 Å². The van der Waals surface area contributed by atoms with Crippen molar-refractivity contribution in [2.45, 2.75) is 18.6 Å². The smallest absolute Gasteiger partial charge is 0.417 e. The minimum Gasteiger partial charge on any atom is -0.439 e. The molecule has 10 heteroatoms. The summed E-state index contributed by atoms with van der Waals surface area (Å²) in [5, 5.41) is 2.44. The molecule has 3 rings (SSSR count). The molecule has 0 saturated carbocycles. The van der Waals surface area contributed by atoms with Gasteiger partial charge in [-0.05, 0) is 48.4 Å². The van der Waals surface area contributed by atoms with Gasteiger partial charge in [0.25, 0.3) is 0 Å². The zero-order valence-corrected chi connectivity index (χ0v) is 16.5. The van der Waals surface area contributed by atoms with Crippen molar-refractivity contribution in [1.29, 1.82) is 0 Å². The van der Waals surface area contributed by atoms with Crippen LogP contribution in [-0.2, 0) is 17.4 Å². The fourth-order valence-corrected chi connectivity index (χ4v) is 2.76. The number of anilines is 1. The molecule has 5 nitrogen and oxygen atoms in total. The highest BCUT2D eigenvalue weighted by molar-refractivity contribution is 6.31. The van der Waals surface area contributed by atoms with Crippen LogP contribution < -0.4 is 15.8 Å². The molecule has 0 fully saturated rings. The molecule has 1 heterocycles. The summed E-state index contributed by atoms with van der Waals surface area (Å²) < 4.78 is 56.3. The van der Waals surface area contributed by atoms with Crippen LogP contribution in [0.1, 0.15) is 11.1 Å². The van der Waals surface area contributed by atoms with Gasteiger partial charge in [0, 0.05) is 18.0 Å². The fourth-order valence-electron chi connectivity index (χ4n) is 2.58. The summed E-state index contributed by atoms with van der Waals surface area (Å²) in [6, 6.07) is 11.4. The second-order valence-corrected chi connectivity index (χ2v) is 6.96. The van der Waals surface area contributed by atoms with E-state index >= 15 is 0 Å². The summed E-state index contributed by atoms with van der Waals surface area (Å²) >= 11 is 5.68. The number of hydrogen-bond donors (Lipinski definition) is 2. The number of alkyl halides is 3. The number of amides is 1. The summed E-state index contributed by atoms with van der Waals surface area (Å²) in [6.07, 6.45) is -3.57. The largest absolute Gasteiger partial charge is 0.439 e. The number of pyridine rings is 1. The van der Waals surface area contributed by atoms with E-state index in [1.165, 1.54) is 12.1 Å². The normalized spacial score (nSPS) is 12.3. The van der Waals surface area contributed by atoms with Gasteiger partial charge >= 0.3 is 6.18 Å². The number of carbonyl (C=O) groups excluding carboxylic acids is 1. The number of nitrogens with two attached hydrogens (primary N) is 1. The minimum absolute atomic E-state index is 0.00906. The Kier molecular flexibility index (Phi) is 6.77. The summed E-state index contributed by atoms with van der Waals surface area (Å²) in [5.74, 6) is -0.709. The SMILES string of the molecule is NC(Cc1ccc(Oc2ccc(C(F)(F)F)cn2)cc1)C(=O)Nc1ccc(F)c(Cl)c1. The summed E-state index contributed by atoms with van der Waals surface area (Å²) in [6.45, 7) is 0. The highest BCUT2D eigenvalue weighted by Crippen LogP contribution is 2.30. The summed E-state index contributed by atoms with van der Waals surface area (Å²) in [4.78, 5) is 15.9. The lowest BCUT2D eigenvalue weighted by atomic mass is 10.1. The van der Waals surface area contributed by atoms with Crippen LogP contribution >= 0.6 is 11.6 Å². The molecule has 0 spiro atoms. The monoisotopic (exact) mass is 453 g/mol. The maximum absolute atomic E-state index is 13.2. The highest BCUT2D eigenvalue weighted by atomic mass is 35.5. The molecule has 162 valence electrons. The number of halogens is 5. The van der Waals surface area contributed by atoms with Crippen molar-refractivity contribution >= 4 is 23.2 Å². The number of hydrogen-bond acceptors (Lipinski definition) is 4. The molecule has 0 aliphatic heterocycles. The van der Waals surface area contributed by atoms with Crippen LogP contribution in [0.5, 0.6) is 11.6 Å². The first kappa shape index (κ1) is 22.5. The number of rotatable bonds is 6. The minimum atomic E-state index is -4.47. The zero-order valence-electron chi connectivity index (χ0n) is 15.8. The van der Waals surface area contributed by atoms with E-state index in [2.05, 4.69) is 10.3 Å². The molecule has 0 saturated heterocycles. The van der Waals surface area contributed by atoms with Crippen LogP contribution in [0.3, 0.4) is 0 Å². The van der Waals surface area contributed by atoms with E-state index in [0.717, 1.165) is 23.8 Å². The zero-order chi connectivity index (χ0) is 22.6. The molecule has 3 N–H and O–H groups in total. The Labute approximate surface area is 179 Å². The molecule has 1 aromatic heterocycles. The third kappa shape index (κ3) is 6.16. The molecule has 0 aliphatic rings. The van der Waals surface area contributed by atoms with Crippen molar-refractivity contribution in [1.82, 2.24) is 4.98 Å². The predicted molar refractivity (Wildman–Crippen MR) is 107 cm³/mol. The number of benzene rings is 2. The standard InChI is InChI=1S/C21H16ClF4N3O2/c22-16-10-14(4-7-17(16)23)29-20(30)18(27)9-12-1-5-15(6-2-12)31-19-8-3-13(11-28-19)21(24,25)26/h1-8,10-11,18H,9,27H2,(H,29,30). The van der Waals surface area contributed by atoms with Crippen molar-refractivity contribution < 1.29 is 27.1 Å². The van der Waals surface area contributed by atoms with Gasteiger partial charge in [-0.25, -0.2) is 9.37 Å². The Bertz CT molecular complexity index is 1060. The van der Waals surface area contributed by atoms with Crippen LogP contribution in [0.4, 0.5) is 23.2 Å². The average molecular weight is 454 g/mol. The molecule has 1 amide bonds. The topological polar surface area (TPSA) is 77.2 Å². The number of nitrogens with zero attached hydrogens (tertiary/aromatic N) is 1. The maximum Gasteiger partial charge on any atom is 0.417 e. The lowest BCUT2D eigenvalue weighted by molar-refractivity contribution is -0.137. The van der Waals surface area contributed by atoms with Gasteiger partial charge in [-0.3, -0.25) is 4.79 Å². The Hall–Kier alpha value is -3.17. The van der Waals surface area contributed by atoms with Gasteiger partial charge in [0.1, 0.15) is 11.6 Å². The van der Waals surface area contributed by atoms with E-state index in [4.69, 9.17) is 22.1 Å². The first-order valence-electron chi connectivity index (χ1n) is 8.93. The number of carbonyl (C=O) groups is 1. The summed E-state index contributed by atoms with van der Waals surface area (Å²) in [7, 11) is 0. The lowest BCUT2D eigenvalue weighted by Crippen LogP contribution is -2.37. The maximum atomic E-state index is 13.2. The highest BCUT2D eigenvalue weighted by Gasteiger charge is 2.30. The van der Waals surface area contributed by atoms with Gasteiger partial charge in [-0.2, -0.15) is 13.2 Å². The Morgan fingerprint density at radius 2 is 1.84 bits per heavy atom. The van der Waals surface area contributed by atoms with Gasteiger partial charge in [-0.1, -0.05) is 23.7 Å². The molecule has 1 unspecified atom stereocenters. The first-order chi connectivity index (χ1) is 14.6. The number of ether oxygens (including phenoxy) is 1. The number of nitrogens with one attached hydrogen (secondary N) is 1. The van der Waals surface area contributed by atoms with Crippen LogP contribution in [-0.4, -0.2) is 16.9 Å². The molecule has 3 aromatic rings. The van der Waals surface area contributed by atoms with Crippen LogP contribution in [0, 0.1) is 5.82 Å². The average Bonchev–Trinajstić information content (AvgIpc) is 2.72. The Morgan fingerprint density at radius 1 is 1.13 bits per heavy atom. The quantitative estimate of drug-likeness (QED) is 0.503. The summed E-state index contributed by atoms with van der Waals surface area (Å²) in [5.41, 5.74) is 6.10. The van der Waals surface area contributed by atoms with Crippen LogP contribution in [0.15, 0.2) is 60.8 Å².